The predicted octanol–water partition coefficient (Wildman–Crippen LogP) is 3.04. The highest BCUT2D eigenvalue weighted by atomic mass is 79.9. The third-order valence-corrected chi connectivity index (χ3v) is 3.25. The van der Waals surface area contributed by atoms with E-state index >= 15 is 0 Å². The van der Waals surface area contributed by atoms with E-state index in [9.17, 15) is 4.79 Å². The van der Waals surface area contributed by atoms with Crippen LogP contribution in [0.15, 0.2) is 24.3 Å². The van der Waals surface area contributed by atoms with Crippen molar-refractivity contribution in [3.05, 3.63) is 35.4 Å². The van der Waals surface area contributed by atoms with Gasteiger partial charge < -0.3 is 0 Å². The molecule has 0 bridgehead atoms. The average Bonchev–Trinajstić information content (AvgIpc) is 2.31. The lowest BCUT2D eigenvalue weighted by molar-refractivity contribution is -0.118. The fourth-order valence-corrected chi connectivity index (χ4v) is 2.12. The standard InChI is InChI=1S/C13H14BrNO/c1-2-13(16)12(14)9-11-5-3-10(4-6-11)7-8-15/h3-6,12H,2,7,9H2,1H3. The van der Waals surface area contributed by atoms with Crippen molar-refractivity contribution >= 4 is 21.7 Å². The SMILES string of the molecule is CCC(=O)C(Br)Cc1ccc(CC#N)cc1. The van der Waals surface area contributed by atoms with Gasteiger partial charge in [0.1, 0.15) is 5.78 Å². The van der Waals surface area contributed by atoms with E-state index in [0.717, 1.165) is 11.1 Å². The maximum absolute atomic E-state index is 11.4. The van der Waals surface area contributed by atoms with Crippen LogP contribution in [0, 0.1) is 11.3 Å². The largest absolute Gasteiger partial charge is 0.298 e. The molecule has 1 aromatic carbocycles. The van der Waals surface area contributed by atoms with E-state index in [0.29, 0.717) is 19.3 Å². The molecule has 0 spiro atoms. The molecular formula is C13H14BrNO. The van der Waals surface area contributed by atoms with E-state index < -0.39 is 0 Å². The molecule has 84 valence electrons. The van der Waals surface area contributed by atoms with E-state index in [-0.39, 0.29) is 10.6 Å². The predicted molar refractivity (Wildman–Crippen MR) is 67.5 cm³/mol. The zero-order valence-electron chi connectivity index (χ0n) is 9.24. The van der Waals surface area contributed by atoms with Crippen LogP contribution in [0.2, 0.25) is 0 Å². The minimum Gasteiger partial charge on any atom is -0.298 e. The summed E-state index contributed by atoms with van der Waals surface area (Å²) in [5, 5.41) is 8.54. The second-order valence-electron chi connectivity index (χ2n) is 3.64. The van der Waals surface area contributed by atoms with Crippen LogP contribution in [0.3, 0.4) is 0 Å². The Morgan fingerprint density at radius 3 is 2.44 bits per heavy atom. The van der Waals surface area contributed by atoms with Gasteiger partial charge in [-0.15, -0.1) is 0 Å². The van der Waals surface area contributed by atoms with Crippen LogP contribution in [0.25, 0.3) is 0 Å². The fraction of sp³-hybridized carbons (Fsp3) is 0.385. The van der Waals surface area contributed by atoms with E-state index in [2.05, 4.69) is 22.0 Å². The van der Waals surface area contributed by atoms with Crippen molar-refractivity contribution in [1.82, 2.24) is 0 Å². The van der Waals surface area contributed by atoms with Gasteiger partial charge in [0.2, 0.25) is 0 Å². The van der Waals surface area contributed by atoms with Gasteiger partial charge in [0.25, 0.3) is 0 Å². The molecule has 0 aliphatic heterocycles. The minimum absolute atomic E-state index is 0.0979. The van der Waals surface area contributed by atoms with Crippen molar-refractivity contribution < 1.29 is 4.79 Å². The van der Waals surface area contributed by atoms with Gasteiger partial charge in [-0.1, -0.05) is 47.1 Å². The van der Waals surface area contributed by atoms with Crippen LogP contribution in [0.4, 0.5) is 0 Å². The van der Waals surface area contributed by atoms with Gasteiger partial charge in [0.05, 0.1) is 17.3 Å². The highest BCUT2D eigenvalue weighted by molar-refractivity contribution is 9.10. The molecule has 1 aromatic rings. The minimum atomic E-state index is -0.0979. The topological polar surface area (TPSA) is 40.9 Å². The maximum Gasteiger partial charge on any atom is 0.146 e. The zero-order valence-corrected chi connectivity index (χ0v) is 10.8. The number of hydrogen-bond donors (Lipinski definition) is 0. The number of benzene rings is 1. The van der Waals surface area contributed by atoms with Crippen molar-refractivity contribution in [3.63, 3.8) is 0 Å². The second kappa shape index (κ2) is 6.44. The quantitative estimate of drug-likeness (QED) is 0.778. The van der Waals surface area contributed by atoms with Gasteiger partial charge in [-0.05, 0) is 17.5 Å². The summed E-state index contributed by atoms with van der Waals surface area (Å²) in [5.74, 6) is 0.223. The number of nitriles is 1. The van der Waals surface area contributed by atoms with Crippen molar-refractivity contribution in [1.29, 1.82) is 5.26 Å². The highest BCUT2D eigenvalue weighted by Gasteiger charge is 2.12. The first kappa shape index (κ1) is 12.9. The van der Waals surface area contributed by atoms with Crippen molar-refractivity contribution in [2.45, 2.75) is 31.0 Å². The van der Waals surface area contributed by atoms with Gasteiger partial charge in [0.15, 0.2) is 0 Å². The third-order valence-electron chi connectivity index (χ3n) is 2.42. The van der Waals surface area contributed by atoms with Crippen LogP contribution in [0.1, 0.15) is 24.5 Å². The number of nitrogens with zero attached hydrogens (tertiary/aromatic N) is 1. The summed E-state index contributed by atoms with van der Waals surface area (Å²) in [7, 11) is 0. The molecule has 0 radical (unpaired) electrons. The van der Waals surface area contributed by atoms with Crippen LogP contribution in [-0.4, -0.2) is 10.6 Å². The summed E-state index contributed by atoms with van der Waals surface area (Å²) in [5.41, 5.74) is 2.13. The monoisotopic (exact) mass is 279 g/mol. The van der Waals surface area contributed by atoms with Crippen molar-refractivity contribution in [2.24, 2.45) is 0 Å². The maximum atomic E-state index is 11.4. The molecule has 16 heavy (non-hydrogen) atoms. The van der Waals surface area contributed by atoms with Gasteiger partial charge in [-0.25, -0.2) is 0 Å². The summed E-state index contributed by atoms with van der Waals surface area (Å²) >= 11 is 3.39. The first-order chi connectivity index (χ1) is 7.67. The Hall–Kier alpha value is -1.14. The zero-order chi connectivity index (χ0) is 12.0. The highest BCUT2D eigenvalue weighted by Crippen LogP contribution is 2.13. The molecule has 3 heteroatoms. The number of carbonyl (C=O) groups excluding carboxylic acids is 1. The van der Waals surface area contributed by atoms with Crippen LogP contribution in [0.5, 0.6) is 0 Å². The van der Waals surface area contributed by atoms with Gasteiger partial charge in [-0.2, -0.15) is 5.26 Å². The normalized spacial score (nSPS) is 11.8. The summed E-state index contributed by atoms with van der Waals surface area (Å²) in [6, 6.07) is 9.94. The Balaban J connectivity index is 2.62. The van der Waals surface area contributed by atoms with Gasteiger partial charge in [0, 0.05) is 6.42 Å². The molecule has 0 saturated heterocycles. The molecule has 0 aliphatic rings. The number of rotatable bonds is 5. The summed E-state index contributed by atoms with van der Waals surface area (Å²) in [6.45, 7) is 1.87. The molecule has 0 heterocycles. The number of alkyl halides is 1. The first-order valence-electron chi connectivity index (χ1n) is 5.29. The summed E-state index contributed by atoms with van der Waals surface area (Å²) in [6.07, 6.45) is 1.70. The second-order valence-corrected chi connectivity index (χ2v) is 4.75. The van der Waals surface area contributed by atoms with E-state index in [1.807, 2.05) is 31.2 Å². The smallest absolute Gasteiger partial charge is 0.146 e. The molecule has 1 unspecified atom stereocenters. The lowest BCUT2D eigenvalue weighted by Crippen LogP contribution is -2.15. The Kier molecular flexibility index (Phi) is 5.21. The van der Waals surface area contributed by atoms with Crippen LogP contribution >= 0.6 is 15.9 Å². The molecule has 0 saturated carbocycles. The molecule has 0 amide bonds. The third kappa shape index (κ3) is 3.79. The van der Waals surface area contributed by atoms with E-state index in [1.54, 1.807) is 0 Å². The summed E-state index contributed by atoms with van der Waals surface area (Å²) in [4.78, 5) is 11.3. The number of halogens is 1. The number of hydrogen-bond acceptors (Lipinski definition) is 2. The molecule has 0 aliphatic carbocycles. The number of ketones is 1. The molecule has 1 rings (SSSR count). The lowest BCUT2D eigenvalue weighted by atomic mass is 10.0. The number of carbonyl (C=O) groups is 1. The lowest BCUT2D eigenvalue weighted by Gasteiger charge is -2.07. The Bertz CT molecular complexity index is 391. The van der Waals surface area contributed by atoms with E-state index in [4.69, 9.17) is 5.26 Å². The van der Waals surface area contributed by atoms with E-state index in [1.165, 1.54) is 0 Å². The first-order valence-corrected chi connectivity index (χ1v) is 6.20. The molecular weight excluding hydrogens is 266 g/mol. The van der Waals surface area contributed by atoms with Gasteiger partial charge >= 0.3 is 0 Å². The molecule has 2 nitrogen and oxygen atoms in total. The Morgan fingerprint density at radius 2 is 1.94 bits per heavy atom. The van der Waals surface area contributed by atoms with Gasteiger partial charge in [-0.3, -0.25) is 4.79 Å². The Morgan fingerprint density at radius 1 is 1.38 bits per heavy atom. The van der Waals surface area contributed by atoms with Crippen molar-refractivity contribution in [3.8, 4) is 6.07 Å². The molecule has 0 fully saturated rings. The van der Waals surface area contributed by atoms with Crippen LogP contribution in [-0.2, 0) is 17.6 Å². The average molecular weight is 280 g/mol. The fourth-order valence-electron chi connectivity index (χ4n) is 1.43. The molecule has 0 N–H and O–H groups in total. The molecule has 1 atom stereocenters. The number of Topliss-reactive ketones (excluding diaryl/α,β-unsaturated/α-hetero) is 1. The van der Waals surface area contributed by atoms with Crippen LogP contribution < -0.4 is 0 Å². The molecule has 0 aromatic heterocycles. The van der Waals surface area contributed by atoms with Crippen molar-refractivity contribution in [2.75, 3.05) is 0 Å². The summed E-state index contributed by atoms with van der Waals surface area (Å²) < 4.78 is 0. The Labute approximate surface area is 104 Å².